The van der Waals surface area contributed by atoms with Crippen LogP contribution < -0.4 is 0 Å². The molecule has 1 aromatic carbocycles. The zero-order chi connectivity index (χ0) is 17.2. The fourth-order valence-corrected chi connectivity index (χ4v) is 3.09. The van der Waals surface area contributed by atoms with Crippen LogP contribution in [0.1, 0.15) is 28.9 Å². The summed E-state index contributed by atoms with van der Waals surface area (Å²) in [6.07, 6.45) is 8.45. The number of nitrogens with zero attached hydrogens (tertiary/aromatic N) is 5. The van der Waals surface area contributed by atoms with Gasteiger partial charge in [-0.1, -0.05) is 12.1 Å². The van der Waals surface area contributed by atoms with Crippen molar-refractivity contribution in [3.8, 4) is 5.69 Å². The van der Waals surface area contributed by atoms with E-state index < -0.39 is 0 Å². The number of aromatic nitrogens is 6. The van der Waals surface area contributed by atoms with E-state index in [1.807, 2.05) is 36.0 Å². The SMILES string of the molecule is Cc1cccc(-n2nc(C)nc2[C@H](Cc2cnc[nH]2)n2cccc2)c1. The summed E-state index contributed by atoms with van der Waals surface area (Å²) in [5, 5.41) is 4.65. The Hall–Kier alpha value is -3.15. The summed E-state index contributed by atoms with van der Waals surface area (Å²) in [5.41, 5.74) is 3.29. The Balaban J connectivity index is 1.82. The normalized spacial score (nSPS) is 12.4. The van der Waals surface area contributed by atoms with Crippen molar-refractivity contribution in [2.45, 2.75) is 26.3 Å². The third kappa shape index (κ3) is 3.10. The van der Waals surface area contributed by atoms with Crippen LogP contribution in [0.15, 0.2) is 61.3 Å². The van der Waals surface area contributed by atoms with Gasteiger partial charge in [-0.2, -0.15) is 5.10 Å². The molecule has 0 saturated heterocycles. The van der Waals surface area contributed by atoms with Gasteiger partial charge in [0.25, 0.3) is 0 Å². The molecular formula is C19H20N6. The van der Waals surface area contributed by atoms with Crippen LogP contribution in [0, 0.1) is 13.8 Å². The maximum atomic E-state index is 4.75. The quantitative estimate of drug-likeness (QED) is 0.610. The van der Waals surface area contributed by atoms with Crippen molar-refractivity contribution < 1.29 is 0 Å². The molecule has 3 aromatic heterocycles. The van der Waals surface area contributed by atoms with E-state index in [-0.39, 0.29) is 6.04 Å². The Morgan fingerprint density at radius 2 is 1.96 bits per heavy atom. The Morgan fingerprint density at radius 3 is 2.68 bits per heavy atom. The molecule has 1 N–H and O–H groups in total. The topological polar surface area (TPSA) is 64.3 Å². The van der Waals surface area contributed by atoms with Gasteiger partial charge in [-0.25, -0.2) is 14.6 Å². The molecule has 0 spiro atoms. The molecule has 1 atom stereocenters. The molecule has 0 fully saturated rings. The molecule has 0 unspecified atom stereocenters. The zero-order valence-electron chi connectivity index (χ0n) is 14.3. The monoisotopic (exact) mass is 332 g/mol. The van der Waals surface area contributed by atoms with Crippen molar-refractivity contribution in [3.05, 3.63) is 84.2 Å². The van der Waals surface area contributed by atoms with Crippen LogP contribution in [0.5, 0.6) is 0 Å². The summed E-state index contributed by atoms with van der Waals surface area (Å²) in [7, 11) is 0. The van der Waals surface area contributed by atoms with Crippen LogP contribution in [-0.2, 0) is 6.42 Å². The number of imidazole rings is 1. The highest BCUT2D eigenvalue weighted by molar-refractivity contribution is 5.36. The minimum Gasteiger partial charge on any atom is -0.348 e. The van der Waals surface area contributed by atoms with Gasteiger partial charge < -0.3 is 9.55 Å². The lowest BCUT2D eigenvalue weighted by molar-refractivity contribution is 0.530. The molecule has 126 valence electrons. The minimum atomic E-state index is 0.0252. The van der Waals surface area contributed by atoms with E-state index in [9.17, 15) is 0 Å². The molecule has 0 aliphatic carbocycles. The van der Waals surface area contributed by atoms with E-state index in [4.69, 9.17) is 4.98 Å². The number of benzene rings is 1. The lowest BCUT2D eigenvalue weighted by Crippen LogP contribution is -2.18. The summed E-state index contributed by atoms with van der Waals surface area (Å²) < 4.78 is 4.11. The number of aryl methyl sites for hydroxylation is 2. The fourth-order valence-electron chi connectivity index (χ4n) is 3.09. The number of aromatic amines is 1. The van der Waals surface area contributed by atoms with E-state index >= 15 is 0 Å². The van der Waals surface area contributed by atoms with Crippen LogP contribution >= 0.6 is 0 Å². The molecular weight excluding hydrogens is 312 g/mol. The maximum Gasteiger partial charge on any atom is 0.155 e. The van der Waals surface area contributed by atoms with E-state index in [1.165, 1.54) is 5.56 Å². The minimum absolute atomic E-state index is 0.0252. The molecule has 0 bridgehead atoms. The lowest BCUT2D eigenvalue weighted by Gasteiger charge is -2.19. The van der Waals surface area contributed by atoms with Gasteiger partial charge in [0, 0.05) is 30.7 Å². The first-order valence-electron chi connectivity index (χ1n) is 8.31. The first kappa shape index (κ1) is 15.4. The summed E-state index contributed by atoms with van der Waals surface area (Å²) in [4.78, 5) is 12.1. The molecule has 25 heavy (non-hydrogen) atoms. The van der Waals surface area contributed by atoms with Gasteiger partial charge in [-0.3, -0.25) is 0 Å². The maximum absolute atomic E-state index is 4.75. The fraction of sp³-hybridized carbons (Fsp3) is 0.211. The summed E-state index contributed by atoms with van der Waals surface area (Å²) in [6, 6.07) is 12.4. The zero-order valence-corrected chi connectivity index (χ0v) is 14.3. The molecule has 0 amide bonds. The van der Waals surface area contributed by atoms with Crippen LogP contribution in [0.3, 0.4) is 0 Å². The smallest absolute Gasteiger partial charge is 0.155 e. The Morgan fingerprint density at radius 1 is 1.12 bits per heavy atom. The largest absolute Gasteiger partial charge is 0.348 e. The van der Waals surface area contributed by atoms with Crippen molar-refractivity contribution >= 4 is 0 Å². The van der Waals surface area contributed by atoms with Gasteiger partial charge in [-0.15, -0.1) is 0 Å². The second kappa shape index (κ2) is 6.39. The molecule has 0 aliphatic rings. The van der Waals surface area contributed by atoms with Gasteiger partial charge in [0.1, 0.15) is 5.82 Å². The Kier molecular flexibility index (Phi) is 3.93. The van der Waals surface area contributed by atoms with Crippen molar-refractivity contribution in [3.63, 3.8) is 0 Å². The Bertz CT molecular complexity index is 950. The number of hydrogen-bond acceptors (Lipinski definition) is 3. The lowest BCUT2D eigenvalue weighted by atomic mass is 10.1. The highest BCUT2D eigenvalue weighted by Crippen LogP contribution is 2.24. The summed E-state index contributed by atoms with van der Waals surface area (Å²) in [6.45, 7) is 4.01. The summed E-state index contributed by atoms with van der Waals surface area (Å²) in [5.74, 6) is 1.67. The van der Waals surface area contributed by atoms with Crippen LogP contribution in [0.25, 0.3) is 5.69 Å². The molecule has 3 heterocycles. The average Bonchev–Trinajstić information content (AvgIpc) is 3.34. The van der Waals surface area contributed by atoms with Crippen molar-refractivity contribution in [1.82, 2.24) is 29.3 Å². The average molecular weight is 332 g/mol. The molecule has 0 radical (unpaired) electrons. The highest BCUT2D eigenvalue weighted by Gasteiger charge is 2.22. The van der Waals surface area contributed by atoms with Crippen LogP contribution in [0.2, 0.25) is 0 Å². The first-order valence-corrected chi connectivity index (χ1v) is 8.31. The van der Waals surface area contributed by atoms with E-state index in [0.29, 0.717) is 0 Å². The third-order valence-corrected chi connectivity index (χ3v) is 4.24. The van der Waals surface area contributed by atoms with E-state index in [1.54, 1.807) is 6.33 Å². The number of nitrogens with one attached hydrogen (secondary N) is 1. The van der Waals surface area contributed by atoms with Crippen molar-refractivity contribution in [2.75, 3.05) is 0 Å². The molecule has 6 nitrogen and oxygen atoms in total. The van der Waals surface area contributed by atoms with Crippen molar-refractivity contribution in [2.24, 2.45) is 0 Å². The van der Waals surface area contributed by atoms with Crippen LogP contribution in [0.4, 0.5) is 0 Å². The van der Waals surface area contributed by atoms with Crippen LogP contribution in [-0.4, -0.2) is 29.3 Å². The predicted octanol–water partition coefficient (Wildman–Crippen LogP) is 3.24. The van der Waals surface area contributed by atoms with Gasteiger partial charge in [0.05, 0.1) is 18.1 Å². The number of H-pyrrole nitrogens is 1. The van der Waals surface area contributed by atoms with Gasteiger partial charge >= 0.3 is 0 Å². The third-order valence-electron chi connectivity index (χ3n) is 4.24. The first-order chi connectivity index (χ1) is 12.2. The van der Waals surface area contributed by atoms with Crippen molar-refractivity contribution in [1.29, 1.82) is 0 Å². The van der Waals surface area contributed by atoms with Gasteiger partial charge in [-0.05, 0) is 43.7 Å². The number of rotatable bonds is 5. The molecule has 6 heteroatoms. The van der Waals surface area contributed by atoms with E-state index in [0.717, 1.165) is 29.5 Å². The molecule has 0 aliphatic heterocycles. The summed E-state index contributed by atoms with van der Waals surface area (Å²) >= 11 is 0. The number of hydrogen-bond donors (Lipinski definition) is 1. The Labute approximate surface area is 146 Å². The molecule has 4 rings (SSSR count). The second-order valence-electron chi connectivity index (χ2n) is 6.20. The standard InChI is InChI=1S/C19H20N6/c1-14-6-5-7-17(10-14)25-19(22-15(2)23-25)18(24-8-3-4-9-24)11-16-12-20-13-21-16/h3-10,12-13,18H,11H2,1-2H3,(H,20,21)/t18-/m0/s1. The predicted molar refractivity (Wildman–Crippen MR) is 95.7 cm³/mol. The van der Waals surface area contributed by atoms with Gasteiger partial charge in [0.15, 0.2) is 5.82 Å². The van der Waals surface area contributed by atoms with E-state index in [2.05, 4.69) is 57.2 Å². The highest BCUT2D eigenvalue weighted by atomic mass is 15.4. The van der Waals surface area contributed by atoms with Gasteiger partial charge in [0.2, 0.25) is 0 Å². The molecule has 0 saturated carbocycles. The molecule has 4 aromatic rings. The second-order valence-corrected chi connectivity index (χ2v) is 6.20.